The highest BCUT2D eigenvalue weighted by atomic mass is 16.6. The number of ketones is 1. The number of rotatable bonds is 7. The number of ether oxygens (including phenoxy) is 2. The number of fused-ring (bicyclic) bond motifs is 2. The molecule has 2 aromatic rings. The third kappa shape index (κ3) is 5.09. The van der Waals surface area contributed by atoms with Crippen molar-refractivity contribution in [3.05, 3.63) is 65.7 Å². The molecule has 2 heterocycles. The summed E-state index contributed by atoms with van der Waals surface area (Å²) in [7, 11) is 0. The second-order valence-corrected chi connectivity index (χ2v) is 8.59. The van der Waals surface area contributed by atoms with Crippen LogP contribution < -0.4 is 4.74 Å². The van der Waals surface area contributed by atoms with Crippen molar-refractivity contribution >= 4 is 11.9 Å². The van der Waals surface area contributed by atoms with Crippen molar-refractivity contribution in [3.63, 3.8) is 0 Å². The predicted octanol–water partition coefficient (Wildman–Crippen LogP) is 5.63. The molecule has 164 valence electrons. The van der Waals surface area contributed by atoms with Gasteiger partial charge < -0.3 is 14.4 Å². The Bertz CT molecular complexity index is 883. The number of benzene rings is 2. The second kappa shape index (κ2) is 9.99. The van der Waals surface area contributed by atoms with Gasteiger partial charge in [-0.25, -0.2) is 4.79 Å². The van der Waals surface area contributed by atoms with Gasteiger partial charge in [0.2, 0.25) is 0 Å². The molecule has 0 N–H and O–H groups in total. The lowest BCUT2D eigenvalue weighted by Gasteiger charge is -2.47. The Morgan fingerprint density at radius 2 is 1.74 bits per heavy atom. The van der Waals surface area contributed by atoms with Gasteiger partial charge in [0.1, 0.15) is 12.4 Å². The first-order valence-corrected chi connectivity index (χ1v) is 11.4. The zero-order chi connectivity index (χ0) is 21.6. The summed E-state index contributed by atoms with van der Waals surface area (Å²) in [6.07, 6.45) is 5.05. The zero-order valence-corrected chi connectivity index (χ0v) is 18.2. The van der Waals surface area contributed by atoms with Gasteiger partial charge >= 0.3 is 6.09 Å². The van der Waals surface area contributed by atoms with Gasteiger partial charge in [0, 0.05) is 23.6 Å². The standard InChI is InChI=1S/C26H31NO4/c1-2-14-30-24-13-6-10-20(17-24)25(28)21-15-22-11-7-12-23(16-21)27(22)26(29)31-18-19-8-4-3-5-9-19/h3-6,8-10,13,17,21-23H,2,7,11-12,14-16,18H2,1H3. The van der Waals surface area contributed by atoms with Crippen LogP contribution in [0.4, 0.5) is 4.79 Å². The number of hydrogen-bond donors (Lipinski definition) is 0. The Morgan fingerprint density at radius 3 is 2.45 bits per heavy atom. The quantitative estimate of drug-likeness (QED) is 0.544. The molecule has 2 aliphatic rings. The molecule has 0 radical (unpaired) electrons. The summed E-state index contributed by atoms with van der Waals surface area (Å²) in [5, 5.41) is 0. The lowest BCUT2D eigenvalue weighted by molar-refractivity contribution is 0.00472. The van der Waals surface area contributed by atoms with E-state index in [1.807, 2.05) is 59.5 Å². The van der Waals surface area contributed by atoms with E-state index < -0.39 is 0 Å². The fourth-order valence-electron chi connectivity index (χ4n) is 4.88. The van der Waals surface area contributed by atoms with Crippen molar-refractivity contribution in [2.75, 3.05) is 6.61 Å². The molecule has 0 saturated carbocycles. The van der Waals surface area contributed by atoms with Gasteiger partial charge in [-0.15, -0.1) is 0 Å². The molecule has 2 unspecified atom stereocenters. The van der Waals surface area contributed by atoms with E-state index >= 15 is 0 Å². The molecule has 2 saturated heterocycles. The highest BCUT2D eigenvalue weighted by Crippen LogP contribution is 2.39. The Labute approximate surface area is 184 Å². The minimum Gasteiger partial charge on any atom is -0.494 e. The van der Waals surface area contributed by atoms with E-state index in [0.29, 0.717) is 25.0 Å². The van der Waals surface area contributed by atoms with E-state index in [9.17, 15) is 9.59 Å². The maximum atomic E-state index is 13.3. The summed E-state index contributed by atoms with van der Waals surface area (Å²) >= 11 is 0. The number of piperidine rings is 2. The van der Waals surface area contributed by atoms with E-state index in [2.05, 4.69) is 6.92 Å². The number of Topliss-reactive ketones (excluding diaryl/α,β-unsaturated/α-hetero) is 1. The van der Waals surface area contributed by atoms with E-state index in [-0.39, 0.29) is 36.5 Å². The maximum absolute atomic E-state index is 13.3. The van der Waals surface area contributed by atoms with E-state index in [4.69, 9.17) is 9.47 Å². The monoisotopic (exact) mass is 421 g/mol. The SMILES string of the molecule is CCCOc1cccc(C(=O)C2CC3CCCC(C2)N3C(=O)OCc2ccccc2)c1. The van der Waals surface area contributed by atoms with Crippen LogP contribution in [0.5, 0.6) is 5.75 Å². The summed E-state index contributed by atoms with van der Waals surface area (Å²) in [4.78, 5) is 28.0. The van der Waals surface area contributed by atoms with Crippen LogP contribution in [0.15, 0.2) is 54.6 Å². The predicted molar refractivity (Wildman–Crippen MR) is 119 cm³/mol. The molecule has 0 aliphatic carbocycles. The van der Waals surface area contributed by atoms with Crippen LogP contribution >= 0.6 is 0 Å². The summed E-state index contributed by atoms with van der Waals surface area (Å²) in [6, 6.07) is 17.4. The Hall–Kier alpha value is -2.82. The minimum absolute atomic E-state index is 0.0603. The molecular formula is C26H31NO4. The number of nitrogens with zero attached hydrogens (tertiary/aromatic N) is 1. The summed E-state index contributed by atoms with van der Waals surface area (Å²) in [6.45, 7) is 2.99. The van der Waals surface area contributed by atoms with Gasteiger partial charge in [-0.1, -0.05) is 49.4 Å². The molecule has 1 amide bonds. The van der Waals surface area contributed by atoms with Crippen molar-refractivity contribution in [3.8, 4) is 5.75 Å². The van der Waals surface area contributed by atoms with Gasteiger partial charge in [0.25, 0.3) is 0 Å². The Balaban J connectivity index is 1.41. The number of amides is 1. The summed E-state index contributed by atoms with van der Waals surface area (Å²) < 4.78 is 11.3. The smallest absolute Gasteiger partial charge is 0.410 e. The first-order valence-electron chi connectivity index (χ1n) is 11.4. The van der Waals surface area contributed by atoms with E-state index in [1.165, 1.54) is 0 Å². The largest absolute Gasteiger partial charge is 0.494 e. The third-order valence-electron chi connectivity index (χ3n) is 6.35. The molecule has 2 aromatic carbocycles. The molecule has 31 heavy (non-hydrogen) atoms. The molecule has 2 aliphatic heterocycles. The Kier molecular flexibility index (Phi) is 6.90. The maximum Gasteiger partial charge on any atom is 0.410 e. The first-order chi connectivity index (χ1) is 15.2. The van der Waals surface area contributed by atoms with Crippen molar-refractivity contribution in [1.82, 2.24) is 4.90 Å². The highest BCUT2D eigenvalue weighted by molar-refractivity contribution is 5.98. The fraction of sp³-hybridized carbons (Fsp3) is 0.462. The molecule has 2 atom stereocenters. The number of hydrogen-bond acceptors (Lipinski definition) is 4. The second-order valence-electron chi connectivity index (χ2n) is 8.59. The van der Waals surface area contributed by atoms with Gasteiger partial charge in [0.15, 0.2) is 5.78 Å². The average Bonchev–Trinajstić information content (AvgIpc) is 2.80. The van der Waals surface area contributed by atoms with Crippen molar-refractivity contribution in [2.45, 2.75) is 64.1 Å². The van der Waals surface area contributed by atoms with Crippen LogP contribution in [0.3, 0.4) is 0 Å². The fourth-order valence-corrected chi connectivity index (χ4v) is 4.88. The molecule has 0 aromatic heterocycles. The molecule has 2 fully saturated rings. The van der Waals surface area contributed by atoms with Crippen molar-refractivity contribution in [1.29, 1.82) is 0 Å². The lowest BCUT2D eigenvalue weighted by atomic mass is 9.76. The van der Waals surface area contributed by atoms with Crippen LogP contribution in [-0.4, -0.2) is 35.5 Å². The van der Waals surface area contributed by atoms with Crippen LogP contribution in [0.1, 0.15) is 61.4 Å². The Morgan fingerprint density at radius 1 is 1.00 bits per heavy atom. The molecule has 4 rings (SSSR count). The highest BCUT2D eigenvalue weighted by Gasteiger charge is 2.43. The van der Waals surface area contributed by atoms with Gasteiger partial charge in [-0.05, 0) is 56.2 Å². The summed E-state index contributed by atoms with van der Waals surface area (Å²) in [5.74, 6) is 0.848. The van der Waals surface area contributed by atoms with Crippen LogP contribution in [-0.2, 0) is 11.3 Å². The minimum atomic E-state index is -0.251. The van der Waals surface area contributed by atoms with Gasteiger partial charge in [-0.3, -0.25) is 4.79 Å². The molecular weight excluding hydrogens is 390 g/mol. The zero-order valence-electron chi connectivity index (χ0n) is 18.2. The molecule has 5 heteroatoms. The van der Waals surface area contributed by atoms with Crippen LogP contribution in [0.2, 0.25) is 0 Å². The number of carbonyl (C=O) groups is 2. The van der Waals surface area contributed by atoms with E-state index in [1.54, 1.807) is 0 Å². The van der Waals surface area contributed by atoms with E-state index in [0.717, 1.165) is 37.0 Å². The lowest BCUT2D eigenvalue weighted by Crippen LogP contribution is -2.55. The molecule has 0 spiro atoms. The van der Waals surface area contributed by atoms with Crippen molar-refractivity contribution < 1.29 is 19.1 Å². The van der Waals surface area contributed by atoms with Crippen molar-refractivity contribution in [2.24, 2.45) is 5.92 Å². The molecule has 5 nitrogen and oxygen atoms in total. The van der Waals surface area contributed by atoms with Gasteiger partial charge in [-0.2, -0.15) is 0 Å². The molecule has 2 bridgehead atoms. The first kappa shape index (κ1) is 21.4. The topological polar surface area (TPSA) is 55.8 Å². The summed E-state index contributed by atoms with van der Waals surface area (Å²) in [5.41, 5.74) is 1.69. The van der Waals surface area contributed by atoms with Gasteiger partial charge in [0.05, 0.1) is 6.61 Å². The third-order valence-corrected chi connectivity index (χ3v) is 6.35. The normalized spacial score (nSPS) is 22.6. The number of carbonyl (C=O) groups excluding carboxylic acids is 2. The van der Waals surface area contributed by atoms with Crippen LogP contribution in [0, 0.1) is 5.92 Å². The average molecular weight is 422 g/mol. The van der Waals surface area contributed by atoms with Crippen LogP contribution in [0.25, 0.3) is 0 Å².